The quantitative estimate of drug-likeness (QED) is 0.558. The third-order valence-electron chi connectivity index (χ3n) is 5.68. The maximum absolute atomic E-state index is 13.0. The Morgan fingerprint density at radius 3 is 2.55 bits per heavy atom. The van der Waals surface area contributed by atoms with Crippen LogP contribution < -0.4 is 10.1 Å². The van der Waals surface area contributed by atoms with Crippen molar-refractivity contribution in [3.8, 4) is 16.2 Å². The SMILES string of the molecule is CCOc1ccc(C(=O)N2C[C@H](O)C[C@H]2C(=O)NCc2ccc(-c3scnc3C)cc2)cc1. The van der Waals surface area contributed by atoms with E-state index >= 15 is 0 Å². The topological polar surface area (TPSA) is 91.8 Å². The summed E-state index contributed by atoms with van der Waals surface area (Å²) in [5, 5.41) is 13.1. The lowest BCUT2D eigenvalue weighted by molar-refractivity contribution is -0.125. The van der Waals surface area contributed by atoms with Gasteiger partial charge in [-0.1, -0.05) is 24.3 Å². The van der Waals surface area contributed by atoms with E-state index in [2.05, 4.69) is 10.3 Å². The van der Waals surface area contributed by atoms with Crippen LogP contribution in [0, 0.1) is 6.92 Å². The summed E-state index contributed by atoms with van der Waals surface area (Å²) in [7, 11) is 0. The van der Waals surface area contributed by atoms with E-state index < -0.39 is 12.1 Å². The largest absolute Gasteiger partial charge is 0.494 e. The minimum absolute atomic E-state index is 0.132. The first-order valence-corrected chi connectivity index (χ1v) is 11.8. The molecule has 0 bridgehead atoms. The molecule has 1 fully saturated rings. The number of benzene rings is 2. The highest BCUT2D eigenvalue weighted by molar-refractivity contribution is 7.13. The highest BCUT2D eigenvalue weighted by Crippen LogP contribution is 2.27. The van der Waals surface area contributed by atoms with Gasteiger partial charge in [0.25, 0.3) is 5.91 Å². The normalized spacial score (nSPS) is 17.7. The number of nitrogens with one attached hydrogen (secondary N) is 1. The number of carbonyl (C=O) groups excluding carboxylic acids is 2. The molecule has 0 spiro atoms. The fourth-order valence-electron chi connectivity index (χ4n) is 3.97. The number of hydrogen-bond donors (Lipinski definition) is 2. The predicted octanol–water partition coefficient (Wildman–Crippen LogP) is 3.41. The van der Waals surface area contributed by atoms with Gasteiger partial charge >= 0.3 is 0 Å². The third-order valence-corrected chi connectivity index (χ3v) is 6.66. The predicted molar refractivity (Wildman–Crippen MR) is 127 cm³/mol. The van der Waals surface area contributed by atoms with E-state index in [1.165, 1.54) is 4.90 Å². The number of rotatable bonds is 7. The molecule has 2 N–H and O–H groups in total. The second kappa shape index (κ2) is 10.1. The smallest absolute Gasteiger partial charge is 0.254 e. The molecule has 2 atom stereocenters. The molecule has 2 amide bonds. The van der Waals surface area contributed by atoms with Gasteiger partial charge in [0.2, 0.25) is 5.91 Å². The van der Waals surface area contributed by atoms with Crippen LogP contribution >= 0.6 is 11.3 Å². The lowest BCUT2D eigenvalue weighted by Crippen LogP contribution is -2.45. The second-order valence-electron chi connectivity index (χ2n) is 8.00. The fourth-order valence-corrected chi connectivity index (χ4v) is 4.78. The van der Waals surface area contributed by atoms with Crippen molar-refractivity contribution in [2.75, 3.05) is 13.2 Å². The number of hydrogen-bond acceptors (Lipinski definition) is 6. The van der Waals surface area contributed by atoms with Crippen LogP contribution in [0.2, 0.25) is 0 Å². The minimum atomic E-state index is -0.727. The first-order valence-electron chi connectivity index (χ1n) is 10.9. The molecule has 0 unspecified atom stereocenters. The summed E-state index contributed by atoms with van der Waals surface area (Å²) in [4.78, 5) is 32.8. The number of nitrogens with zero attached hydrogens (tertiary/aromatic N) is 2. The van der Waals surface area contributed by atoms with Crippen molar-refractivity contribution in [1.29, 1.82) is 0 Å². The van der Waals surface area contributed by atoms with Gasteiger partial charge in [-0.05, 0) is 49.2 Å². The van der Waals surface area contributed by atoms with Crippen LogP contribution in [0.5, 0.6) is 5.75 Å². The van der Waals surface area contributed by atoms with Crippen molar-refractivity contribution in [2.45, 2.75) is 39.0 Å². The number of aliphatic hydroxyl groups excluding tert-OH is 1. The number of aryl methyl sites for hydroxylation is 1. The number of ether oxygens (including phenoxy) is 1. The number of aliphatic hydroxyl groups is 1. The average molecular weight is 466 g/mol. The van der Waals surface area contributed by atoms with Gasteiger partial charge in [-0.2, -0.15) is 0 Å². The summed E-state index contributed by atoms with van der Waals surface area (Å²) in [6, 6.07) is 14.1. The van der Waals surface area contributed by atoms with Gasteiger partial charge in [0.15, 0.2) is 0 Å². The highest BCUT2D eigenvalue weighted by atomic mass is 32.1. The Morgan fingerprint density at radius 2 is 1.91 bits per heavy atom. The molecule has 1 aromatic heterocycles. The Labute approximate surface area is 197 Å². The van der Waals surface area contributed by atoms with E-state index in [-0.39, 0.29) is 24.8 Å². The Bertz CT molecular complexity index is 1110. The lowest BCUT2D eigenvalue weighted by atomic mass is 10.1. The number of β-amino-alcohol motifs (C(OH)–C–C–N with tert-alkyl or cyclic N) is 1. The molecular formula is C25H27N3O4S. The number of likely N-dealkylation sites (tertiary alicyclic amines) is 1. The summed E-state index contributed by atoms with van der Waals surface area (Å²) in [5.41, 5.74) is 5.33. The third kappa shape index (κ3) is 5.23. The van der Waals surface area contributed by atoms with Crippen molar-refractivity contribution in [3.63, 3.8) is 0 Å². The second-order valence-corrected chi connectivity index (χ2v) is 8.86. The van der Waals surface area contributed by atoms with Crippen molar-refractivity contribution < 1.29 is 19.4 Å². The zero-order chi connectivity index (χ0) is 23.4. The molecule has 8 heteroatoms. The summed E-state index contributed by atoms with van der Waals surface area (Å²) in [5.74, 6) is 0.133. The molecule has 3 aromatic rings. The van der Waals surface area contributed by atoms with Crippen molar-refractivity contribution in [3.05, 3.63) is 70.9 Å². The van der Waals surface area contributed by atoms with E-state index in [9.17, 15) is 14.7 Å². The number of amides is 2. The Balaban J connectivity index is 1.39. The van der Waals surface area contributed by atoms with Gasteiger partial charge in [-0.25, -0.2) is 4.98 Å². The van der Waals surface area contributed by atoms with E-state index in [1.807, 2.05) is 43.6 Å². The molecular weight excluding hydrogens is 438 g/mol. The van der Waals surface area contributed by atoms with Gasteiger partial charge in [0.05, 0.1) is 28.8 Å². The van der Waals surface area contributed by atoms with E-state index in [4.69, 9.17) is 4.74 Å². The van der Waals surface area contributed by atoms with Gasteiger partial charge in [0.1, 0.15) is 11.8 Å². The van der Waals surface area contributed by atoms with E-state index in [0.717, 1.165) is 21.7 Å². The molecule has 1 aliphatic heterocycles. The average Bonchev–Trinajstić information content (AvgIpc) is 3.43. The Morgan fingerprint density at radius 1 is 1.18 bits per heavy atom. The first kappa shape index (κ1) is 22.9. The van der Waals surface area contributed by atoms with Gasteiger partial charge in [-0.3, -0.25) is 9.59 Å². The molecule has 1 saturated heterocycles. The maximum Gasteiger partial charge on any atom is 0.254 e. The van der Waals surface area contributed by atoms with Gasteiger partial charge < -0.3 is 20.1 Å². The van der Waals surface area contributed by atoms with Crippen LogP contribution in [0.4, 0.5) is 0 Å². The Hall–Kier alpha value is -3.23. The van der Waals surface area contributed by atoms with Gasteiger partial charge in [-0.15, -0.1) is 11.3 Å². The summed E-state index contributed by atoms with van der Waals surface area (Å²) >= 11 is 1.60. The standard InChI is InChI=1S/C25H27N3O4S/c1-3-32-21-10-8-19(9-11-21)25(31)28-14-20(29)12-22(28)24(30)26-13-17-4-6-18(7-5-17)23-16(2)27-15-33-23/h4-11,15,20,22,29H,3,12-14H2,1-2H3,(H,26,30)/t20-,22+/m1/s1. The fraction of sp³-hybridized carbons (Fsp3) is 0.320. The zero-order valence-electron chi connectivity index (χ0n) is 18.7. The van der Waals surface area contributed by atoms with Crippen molar-refractivity contribution >= 4 is 23.2 Å². The van der Waals surface area contributed by atoms with Crippen LogP contribution in [-0.4, -0.2) is 52.1 Å². The minimum Gasteiger partial charge on any atom is -0.494 e. The zero-order valence-corrected chi connectivity index (χ0v) is 19.5. The molecule has 0 aliphatic carbocycles. The molecule has 4 rings (SSSR count). The van der Waals surface area contributed by atoms with E-state index in [0.29, 0.717) is 24.5 Å². The Kier molecular flexibility index (Phi) is 7.05. The lowest BCUT2D eigenvalue weighted by Gasteiger charge is -2.24. The van der Waals surface area contributed by atoms with Crippen LogP contribution in [0.1, 0.15) is 35.0 Å². The van der Waals surface area contributed by atoms with Crippen LogP contribution in [0.25, 0.3) is 10.4 Å². The molecule has 0 radical (unpaired) electrons. The van der Waals surface area contributed by atoms with Crippen LogP contribution in [0.15, 0.2) is 54.0 Å². The first-order chi connectivity index (χ1) is 16.0. The monoisotopic (exact) mass is 465 g/mol. The van der Waals surface area contributed by atoms with Crippen molar-refractivity contribution in [2.24, 2.45) is 0 Å². The molecule has 172 valence electrons. The van der Waals surface area contributed by atoms with Crippen LogP contribution in [-0.2, 0) is 11.3 Å². The van der Waals surface area contributed by atoms with Crippen molar-refractivity contribution in [1.82, 2.24) is 15.2 Å². The van der Waals surface area contributed by atoms with Crippen LogP contribution in [0.3, 0.4) is 0 Å². The maximum atomic E-state index is 13.0. The molecule has 7 nitrogen and oxygen atoms in total. The molecule has 2 heterocycles. The van der Waals surface area contributed by atoms with Gasteiger partial charge in [0, 0.05) is 25.1 Å². The summed E-state index contributed by atoms with van der Waals surface area (Å²) in [6.07, 6.45) is -0.507. The van der Waals surface area contributed by atoms with E-state index in [1.54, 1.807) is 35.6 Å². The number of carbonyl (C=O) groups is 2. The molecule has 33 heavy (non-hydrogen) atoms. The number of thiazole rings is 1. The summed E-state index contributed by atoms with van der Waals surface area (Å²) < 4.78 is 5.42. The summed E-state index contributed by atoms with van der Waals surface area (Å²) in [6.45, 7) is 4.90. The molecule has 1 aliphatic rings. The molecule has 2 aromatic carbocycles. The number of aromatic nitrogens is 1. The highest BCUT2D eigenvalue weighted by Gasteiger charge is 2.39. The molecule has 0 saturated carbocycles.